The van der Waals surface area contributed by atoms with Crippen molar-refractivity contribution in [3.63, 3.8) is 0 Å². The smallest absolute Gasteiger partial charge is 0.0874 e. The van der Waals surface area contributed by atoms with Gasteiger partial charge in [-0.3, -0.25) is 0 Å². The molecule has 0 unspecified atom stereocenters. The van der Waals surface area contributed by atoms with E-state index >= 15 is 0 Å². The molecule has 5 nitrogen and oxygen atoms in total. The molecule has 0 saturated heterocycles. The topological polar surface area (TPSA) is 101 Å². The van der Waals surface area contributed by atoms with Crippen LogP contribution in [0.2, 0.25) is 0 Å². The number of hydrogen-bond acceptors (Lipinski definition) is 5. The Kier molecular flexibility index (Phi) is 8.10. The van der Waals surface area contributed by atoms with Gasteiger partial charge in [0.05, 0.1) is 30.5 Å². The van der Waals surface area contributed by atoms with Crippen LogP contribution in [0.4, 0.5) is 0 Å². The van der Waals surface area contributed by atoms with Crippen molar-refractivity contribution >= 4 is 0 Å². The Morgan fingerprint density at radius 2 is 1.97 bits per heavy atom. The summed E-state index contributed by atoms with van der Waals surface area (Å²) in [6, 6.07) is 0. The highest BCUT2D eigenvalue weighted by Gasteiger charge is 2.50. The number of aliphatic hydroxyl groups excluding tert-OH is 4. The summed E-state index contributed by atoms with van der Waals surface area (Å²) in [6.07, 6.45) is 10.0. The number of aliphatic hydroxyl groups is 5. The molecule has 3 rings (SSSR count). The molecular formula is C27H44O5. The zero-order chi connectivity index (χ0) is 23.7. The van der Waals surface area contributed by atoms with Gasteiger partial charge in [0, 0.05) is 12.8 Å². The number of allylic oxidation sites excluding steroid dienone is 3. The van der Waals surface area contributed by atoms with Gasteiger partial charge in [-0.25, -0.2) is 0 Å². The minimum Gasteiger partial charge on any atom is -0.393 e. The van der Waals surface area contributed by atoms with Crippen LogP contribution >= 0.6 is 0 Å². The summed E-state index contributed by atoms with van der Waals surface area (Å²) in [7, 11) is 0. The number of rotatable bonds is 7. The van der Waals surface area contributed by atoms with E-state index in [1.807, 2.05) is 0 Å². The van der Waals surface area contributed by atoms with Crippen molar-refractivity contribution in [1.29, 1.82) is 0 Å². The van der Waals surface area contributed by atoms with Crippen molar-refractivity contribution in [2.45, 2.75) is 102 Å². The normalized spacial score (nSPS) is 39.7. The van der Waals surface area contributed by atoms with Gasteiger partial charge in [-0.2, -0.15) is 0 Å². The lowest BCUT2D eigenvalue weighted by Crippen LogP contribution is -2.38. The molecule has 0 aliphatic heterocycles. The van der Waals surface area contributed by atoms with Crippen LogP contribution in [0.1, 0.15) is 78.6 Å². The highest BCUT2D eigenvalue weighted by Crippen LogP contribution is 2.60. The third-order valence-electron chi connectivity index (χ3n) is 8.65. The second-order valence-corrected chi connectivity index (χ2v) is 11.4. The Bertz CT molecular complexity index is 738. The molecule has 5 heteroatoms. The molecule has 0 bridgehead atoms. The first kappa shape index (κ1) is 25.6. The Morgan fingerprint density at radius 3 is 2.66 bits per heavy atom. The maximum Gasteiger partial charge on any atom is 0.0874 e. The highest BCUT2D eigenvalue weighted by atomic mass is 16.3. The fourth-order valence-electron chi connectivity index (χ4n) is 6.93. The minimum atomic E-state index is -1.24. The van der Waals surface area contributed by atoms with Crippen molar-refractivity contribution in [3.05, 3.63) is 35.5 Å². The third kappa shape index (κ3) is 5.56. The molecule has 0 aromatic heterocycles. The second-order valence-electron chi connectivity index (χ2n) is 11.4. The monoisotopic (exact) mass is 448 g/mol. The average Bonchev–Trinajstić information content (AvgIpc) is 3.06. The summed E-state index contributed by atoms with van der Waals surface area (Å²) in [5.74, 6) is 1.38. The van der Waals surface area contributed by atoms with E-state index in [1.54, 1.807) is 6.92 Å². The van der Waals surface area contributed by atoms with Gasteiger partial charge in [-0.15, -0.1) is 0 Å². The first-order valence-corrected chi connectivity index (χ1v) is 12.4. The molecule has 5 N–H and O–H groups in total. The molecule has 8 atom stereocenters. The molecule has 0 radical (unpaired) electrons. The largest absolute Gasteiger partial charge is 0.393 e. The van der Waals surface area contributed by atoms with Crippen molar-refractivity contribution in [2.24, 2.45) is 23.2 Å². The molecule has 3 saturated carbocycles. The van der Waals surface area contributed by atoms with E-state index in [0.29, 0.717) is 37.0 Å². The predicted molar refractivity (Wildman–Crippen MR) is 127 cm³/mol. The zero-order valence-corrected chi connectivity index (χ0v) is 20.1. The summed E-state index contributed by atoms with van der Waals surface area (Å²) >= 11 is 0. The molecule has 3 aliphatic carbocycles. The Balaban J connectivity index is 1.71. The van der Waals surface area contributed by atoms with E-state index in [2.05, 4.69) is 32.6 Å². The lowest BCUT2D eigenvalue weighted by atomic mass is 9.60. The van der Waals surface area contributed by atoms with E-state index in [0.717, 1.165) is 36.8 Å². The zero-order valence-electron chi connectivity index (χ0n) is 20.1. The van der Waals surface area contributed by atoms with Gasteiger partial charge in [-0.1, -0.05) is 38.2 Å². The number of fused-ring (bicyclic) bond motifs is 1. The standard InChI is InChI=1S/C27H44O5/c1-17(12-22(30)15-26(3,32)16-28)23-9-10-24-19(6-5-11-27(23,24)4)7-8-20-13-21(29)14-25(31)18(20)2/h7-8,17,21-25,28-32H,2,5-6,9-16H2,1,3-4H3/b19-7-,20-8-/t17-,21-,22+,23-,24+,25+,26-,27-/m1/s1. The highest BCUT2D eigenvalue weighted by molar-refractivity contribution is 5.38. The maximum absolute atomic E-state index is 10.5. The molecule has 32 heavy (non-hydrogen) atoms. The van der Waals surface area contributed by atoms with E-state index in [4.69, 9.17) is 0 Å². The summed E-state index contributed by atoms with van der Waals surface area (Å²) in [6.45, 7) is 9.90. The Morgan fingerprint density at radius 1 is 1.25 bits per heavy atom. The van der Waals surface area contributed by atoms with E-state index < -0.39 is 23.9 Å². The molecule has 182 valence electrons. The van der Waals surface area contributed by atoms with Crippen LogP contribution in [0.3, 0.4) is 0 Å². The van der Waals surface area contributed by atoms with Crippen LogP contribution in [-0.4, -0.2) is 56.1 Å². The molecule has 3 fully saturated rings. The third-order valence-corrected chi connectivity index (χ3v) is 8.65. The first-order chi connectivity index (χ1) is 15.0. The van der Waals surface area contributed by atoms with E-state index in [9.17, 15) is 25.5 Å². The summed E-state index contributed by atoms with van der Waals surface area (Å²) in [5, 5.41) is 50.1. The van der Waals surface area contributed by atoms with Gasteiger partial charge in [0.1, 0.15) is 0 Å². The average molecular weight is 449 g/mol. The quantitative estimate of drug-likeness (QED) is 0.409. The van der Waals surface area contributed by atoms with Crippen LogP contribution in [0, 0.1) is 23.2 Å². The molecule has 0 heterocycles. The summed E-state index contributed by atoms with van der Waals surface area (Å²) in [5.41, 5.74) is 2.12. The van der Waals surface area contributed by atoms with Gasteiger partial charge in [0.25, 0.3) is 0 Å². The van der Waals surface area contributed by atoms with Crippen molar-refractivity contribution < 1.29 is 25.5 Å². The molecule has 3 aliphatic rings. The molecule has 0 aromatic carbocycles. The lowest BCUT2D eigenvalue weighted by Gasteiger charge is -2.45. The first-order valence-electron chi connectivity index (χ1n) is 12.4. The maximum atomic E-state index is 10.5. The van der Waals surface area contributed by atoms with Crippen molar-refractivity contribution in [2.75, 3.05) is 6.61 Å². The minimum absolute atomic E-state index is 0.195. The Hall–Kier alpha value is -0.980. The van der Waals surface area contributed by atoms with Crippen LogP contribution in [0.15, 0.2) is 35.5 Å². The second kappa shape index (κ2) is 10.1. The van der Waals surface area contributed by atoms with E-state index in [-0.39, 0.29) is 18.4 Å². The predicted octanol–water partition coefficient (Wildman–Crippen LogP) is 3.65. The Labute approximate surface area is 193 Å². The molecule has 0 aromatic rings. The fraction of sp³-hybridized carbons (Fsp3) is 0.778. The SMILES string of the molecule is C=C1/C(=C\C=C2\CCC[C@]3(C)[C@@H]([C@H](C)C[C@H](O)C[C@@](C)(O)CO)CC[C@@H]23)C[C@@H](O)C[C@@H]1O. The van der Waals surface area contributed by atoms with Gasteiger partial charge >= 0.3 is 0 Å². The lowest BCUT2D eigenvalue weighted by molar-refractivity contribution is -0.0439. The van der Waals surface area contributed by atoms with Crippen LogP contribution < -0.4 is 0 Å². The number of hydrogen-bond donors (Lipinski definition) is 5. The van der Waals surface area contributed by atoms with Gasteiger partial charge in [0.2, 0.25) is 0 Å². The molecule has 0 amide bonds. The summed E-state index contributed by atoms with van der Waals surface area (Å²) < 4.78 is 0. The fourth-order valence-corrected chi connectivity index (χ4v) is 6.93. The van der Waals surface area contributed by atoms with Gasteiger partial charge in [0.15, 0.2) is 0 Å². The van der Waals surface area contributed by atoms with Gasteiger partial charge in [-0.05, 0) is 86.2 Å². The van der Waals surface area contributed by atoms with Crippen LogP contribution in [-0.2, 0) is 0 Å². The van der Waals surface area contributed by atoms with E-state index in [1.165, 1.54) is 12.0 Å². The van der Waals surface area contributed by atoms with Crippen LogP contribution in [0.5, 0.6) is 0 Å². The van der Waals surface area contributed by atoms with Crippen LogP contribution in [0.25, 0.3) is 0 Å². The molecular weight excluding hydrogens is 404 g/mol. The van der Waals surface area contributed by atoms with Crippen molar-refractivity contribution in [3.8, 4) is 0 Å². The van der Waals surface area contributed by atoms with Gasteiger partial charge < -0.3 is 25.5 Å². The molecule has 0 spiro atoms. The summed E-state index contributed by atoms with van der Waals surface area (Å²) in [4.78, 5) is 0. The van der Waals surface area contributed by atoms with Crippen molar-refractivity contribution in [1.82, 2.24) is 0 Å².